The number of rotatable bonds is 7. The number of hydrogen-bond acceptors (Lipinski definition) is 6. The van der Waals surface area contributed by atoms with Gasteiger partial charge in [0.15, 0.2) is 13.2 Å². The molecule has 4 saturated carbocycles. The van der Waals surface area contributed by atoms with Gasteiger partial charge in [0.2, 0.25) is 0 Å². The molecule has 4 aliphatic rings. The van der Waals surface area contributed by atoms with Gasteiger partial charge in [-0.25, -0.2) is 9.59 Å². The lowest BCUT2D eigenvalue weighted by Gasteiger charge is -2.56. The molecule has 2 N–H and O–H groups in total. The van der Waals surface area contributed by atoms with Crippen LogP contribution in [-0.2, 0) is 14.3 Å². The molecule has 1 aromatic carbocycles. The monoisotopic (exact) mass is 414 g/mol. The molecular weight excluding hydrogens is 388 g/mol. The highest BCUT2D eigenvalue weighted by Crippen LogP contribution is 2.55. The quantitative estimate of drug-likeness (QED) is 0.523. The Hall–Kier alpha value is -2.90. The summed E-state index contributed by atoms with van der Waals surface area (Å²) in [5.74, 6) is 1.04. The summed E-state index contributed by atoms with van der Waals surface area (Å²) in [5, 5.41) is 5.29. The van der Waals surface area contributed by atoms with E-state index in [2.05, 4.69) is 10.6 Å². The predicted molar refractivity (Wildman–Crippen MR) is 106 cm³/mol. The first kappa shape index (κ1) is 20.4. The third-order valence-electron chi connectivity index (χ3n) is 6.41. The van der Waals surface area contributed by atoms with Crippen molar-refractivity contribution < 1.29 is 28.7 Å². The van der Waals surface area contributed by atoms with Crippen LogP contribution in [0.5, 0.6) is 5.75 Å². The Morgan fingerprint density at radius 2 is 1.57 bits per heavy atom. The molecule has 0 heterocycles. The average Bonchev–Trinajstić information content (AvgIpc) is 2.69. The van der Waals surface area contributed by atoms with Crippen LogP contribution in [0.3, 0.4) is 0 Å². The van der Waals surface area contributed by atoms with Gasteiger partial charge in [-0.2, -0.15) is 0 Å². The molecule has 8 heteroatoms. The van der Waals surface area contributed by atoms with Gasteiger partial charge < -0.3 is 14.8 Å². The number of carbonyl (C=O) groups excluding carboxylic acids is 4. The van der Waals surface area contributed by atoms with Gasteiger partial charge in [0.25, 0.3) is 5.91 Å². The Morgan fingerprint density at radius 1 is 0.967 bits per heavy atom. The van der Waals surface area contributed by atoms with Crippen LogP contribution < -0.4 is 15.4 Å². The molecule has 3 amide bonds. The van der Waals surface area contributed by atoms with Gasteiger partial charge in [-0.15, -0.1) is 0 Å². The lowest BCUT2D eigenvalue weighted by Crippen LogP contribution is -2.62. The molecule has 0 saturated heterocycles. The van der Waals surface area contributed by atoms with E-state index in [1.165, 1.54) is 19.3 Å². The Labute approximate surface area is 174 Å². The molecule has 4 aliphatic carbocycles. The number of hydrogen-bond donors (Lipinski definition) is 2. The van der Waals surface area contributed by atoms with Crippen molar-refractivity contribution in [3.63, 3.8) is 0 Å². The number of urea groups is 1. The Bertz CT molecular complexity index is 799. The highest BCUT2D eigenvalue weighted by molar-refractivity contribution is 5.95. The van der Waals surface area contributed by atoms with Crippen LogP contribution >= 0.6 is 0 Å². The van der Waals surface area contributed by atoms with E-state index in [4.69, 9.17) is 9.47 Å². The number of benzene rings is 1. The summed E-state index contributed by atoms with van der Waals surface area (Å²) >= 11 is 0. The summed E-state index contributed by atoms with van der Waals surface area (Å²) in [6.45, 7) is -0.937. The molecule has 30 heavy (non-hydrogen) atoms. The summed E-state index contributed by atoms with van der Waals surface area (Å²) in [5.41, 5.74) is 0.302. The van der Waals surface area contributed by atoms with Gasteiger partial charge in [-0.05, 0) is 80.5 Å². The van der Waals surface area contributed by atoms with E-state index in [1.54, 1.807) is 24.3 Å². The SMILES string of the molecule is O=Cc1ccc(OCC(=O)OCC(=O)NC(=O)NC23CC4CC(CC(C4)C2)C3)cc1. The smallest absolute Gasteiger partial charge is 0.344 e. The van der Waals surface area contributed by atoms with Crippen LogP contribution in [0.1, 0.15) is 48.9 Å². The molecule has 0 radical (unpaired) electrons. The topological polar surface area (TPSA) is 111 Å². The first-order valence-corrected chi connectivity index (χ1v) is 10.4. The second-order valence-electron chi connectivity index (χ2n) is 8.84. The maximum absolute atomic E-state index is 12.3. The molecular formula is C22H26N2O6. The number of nitrogens with one attached hydrogen (secondary N) is 2. The molecule has 5 rings (SSSR count). The van der Waals surface area contributed by atoms with E-state index in [0.29, 0.717) is 35.4 Å². The van der Waals surface area contributed by atoms with E-state index in [9.17, 15) is 19.2 Å². The molecule has 1 aromatic rings. The van der Waals surface area contributed by atoms with Crippen molar-refractivity contribution in [1.82, 2.24) is 10.6 Å². The highest BCUT2D eigenvalue weighted by atomic mass is 16.6. The van der Waals surface area contributed by atoms with E-state index >= 15 is 0 Å². The second kappa shape index (κ2) is 8.45. The van der Waals surface area contributed by atoms with E-state index in [-0.39, 0.29) is 12.1 Å². The number of aldehydes is 1. The molecule has 160 valence electrons. The second-order valence-corrected chi connectivity index (χ2v) is 8.84. The fourth-order valence-electron chi connectivity index (χ4n) is 5.67. The Kier molecular flexibility index (Phi) is 5.74. The summed E-state index contributed by atoms with van der Waals surface area (Å²) < 4.78 is 10.1. The fraction of sp³-hybridized carbons (Fsp3) is 0.545. The number of imide groups is 1. The summed E-state index contributed by atoms with van der Waals surface area (Å²) in [6, 6.07) is 5.70. The summed E-state index contributed by atoms with van der Waals surface area (Å²) in [4.78, 5) is 46.6. The first-order valence-electron chi connectivity index (χ1n) is 10.4. The lowest BCUT2D eigenvalue weighted by atomic mass is 9.53. The van der Waals surface area contributed by atoms with Crippen LogP contribution in [0.25, 0.3) is 0 Å². The van der Waals surface area contributed by atoms with Crippen LogP contribution in [-0.4, -0.2) is 42.9 Å². The average molecular weight is 414 g/mol. The van der Waals surface area contributed by atoms with E-state index < -0.39 is 24.5 Å². The van der Waals surface area contributed by atoms with E-state index in [1.807, 2.05) is 0 Å². The van der Waals surface area contributed by atoms with Crippen molar-refractivity contribution >= 4 is 24.2 Å². The molecule has 0 unspecified atom stereocenters. The van der Waals surface area contributed by atoms with Gasteiger partial charge in [0.05, 0.1) is 0 Å². The largest absolute Gasteiger partial charge is 0.482 e. The van der Waals surface area contributed by atoms with Crippen LogP contribution in [0.4, 0.5) is 4.79 Å². The maximum Gasteiger partial charge on any atom is 0.344 e. The fourth-order valence-corrected chi connectivity index (χ4v) is 5.67. The maximum atomic E-state index is 12.3. The summed E-state index contributed by atoms with van der Waals surface area (Å²) in [7, 11) is 0. The van der Waals surface area contributed by atoms with Crippen molar-refractivity contribution in [3.05, 3.63) is 29.8 Å². The predicted octanol–water partition coefficient (Wildman–Crippen LogP) is 2.22. The zero-order chi connectivity index (χ0) is 21.1. The van der Waals surface area contributed by atoms with Crippen molar-refractivity contribution in [2.24, 2.45) is 17.8 Å². The molecule has 4 bridgehead atoms. The molecule has 0 aliphatic heterocycles. The van der Waals surface area contributed by atoms with Gasteiger partial charge in [-0.3, -0.25) is 14.9 Å². The zero-order valence-electron chi connectivity index (χ0n) is 16.7. The molecule has 0 atom stereocenters. The Balaban J connectivity index is 1.17. The summed E-state index contributed by atoms with van der Waals surface area (Å²) in [6.07, 6.45) is 7.46. The van der Waals surface area contributed by atoms with Crippen LogP contribution in [0, 0.1) is 17.8 Å². The molecule has 4 fully saturated rings. The van der Waals surface area contributed by atoms with Crippen molar-refractivity contribution in [1.29, 1.82) is 0 Å². The van der Waals surface area contributed by atoms with Crippen LogP contribution in [0.2, 0.25) is 0 Å². The van der Waals surface area contributed by atoms with Crippen molar-refractivity contribution in [3.8, 4) is 5.75 Å². The molecule has 0 aromatic heterocycles. The highest BCUT2D eigenvalue weighted by Gasteiger charge is 2.51. The van der Waals surface area contributed by atoms with Gasteiger partial charge in [0.1, 0.15) is 12.0 Å². The number of amides is 3. The van der Waals surface area contributed by atoms with Crippen molar-refractivity contribution in [2.45, 2.75) is 44.1 Å². The van der Waals surface area contributed by atoms with Gasteiger partial charge in [0, 0.05) is 11.1 Å². The van der Waals surface area contributed by atoms with Gasteiger partial charge >= 0.3 is 12.0 Å². The lowest BCUT2D eigenvalue weighted by molar-refractivity contribution is -0.150. The standard InChI is InChI=1S/C22H26N2O6/c25-11-14-1-3-18(4-2-14)29-13-20(27)30-12-19(26)23-21(28)24-22-8-15-5-16(9-22)7-17(6-15)10-22/h1-4,11,15-17H,5-10,12-13H2,(H2,23,24,26,28). The minimum absolute atomic E-state index is 0.191. The molecule has 8 nitrogen and oxygen atoms in total. The first-order chi connectivity index (χ1) is 14.4. The number of carbonyl (C=O) groups is 4. The minimum Gasteiger partial charge on any atom is -0.482 e. The molecule has 0 spiro atoms. The number of esters is 1. The van der Waals surface area contributed by atoms with E-state index in [0.717, 1.165) is 19.3 Å². The zero-order valence-corrected chi connectivity index (χ0v) is 16.7. The minimum atomic E-state index is -0.730. The van der Waals surface area contributed by atoms with Gasteiger partial charge in [-0.1, -0.05) is 0 Å². The van der Waals surface area contributed by atoms with Crippen LogP contribution in [0.15, 0.2) is 24.3 Å². The Morgan fingerprint density at radius 3 is 2.13 bits per heavy atom. The number of ether oxygens (including phenoxy) is 2. The normalized spacial score (nSPS) is 28.5. The third-order valence-corrected chi connectivity index (χ3v) is 6.41. The third kappa shape index (κ3) is 4.80. The van der Waals surface area contributed by atoms with Crippen molar-refractivity contribution in [2.75, 3.05) is 13.2 Å².